The second kappa shape index (κ2) is 7.12. The maximum atomic E-state index is 12.9. The predicted molar refractivity (Wildman–Crippen MR) is 98.2 cm³/mol. The van der Waals surface area contributed by atoms with Gasteiger partial charge in [0.15, 0.2) is 5.69 Å². The highest BCUT2D eigenvalue weighted by Gasteiger charge is 2.33. The summed E-state index contributed by atoms with van der Waals surface area (Å²) in [5.41, 5.74) is 0.826. The molecule has 1 amide bonds. The third kappa shape index (κ3) is 3.42. The first-order valence-electron chi connectivity index (χ1n) is 8.26. The molecule has 0 aliphatic carbocycles. The maximum absolute atomic E-state index is 12.9. The summed E-state index contributed by atoms with van der Waals surface area (Å²) in [6, 6.07) is 0. The van der Waals surface area contributed by atoms with Gasteiger partial charge in [-0.2, -0.15) is 14.5 Å². The van der Waals surface area contributed by atoms with Crippen molar-refractivity contribution in [3.63, 3.8) is 0 Å². The molecule has 0 unspecified atom stereocenters. The van der Waals surface area contributed by atoms with E-state index in [4.69, 9.17) is 0 Å². The largest absolute Gasteiger partial charge is 0.335 e. The van der Waals surface area contributed by atoms with Gasteiger partial charge < -0.3 is 4.90 Å². The normalized spacial score (nSPS) is 16.2. The molecule has 0 saturated carbocycles. The number of hydrogen-bond donors (Lipinski definition) is 0. The van der Waals surface area contributed by atoms with Gasteiger partial charge in [-0.05, 0) is 29.8 Å². The van der Waals surface area contributed by atoms with Gasteiger partial charge in [-0.25, -0.2) is 8.42 Å². The first-order valence-corrected chi connectivity index (χ1v) is 10.5. The van der Waals surface area contributed by atoms with E-state index < -0.39 is 10.0 Å². The fourth-order valence-electron chi connectivity index (χ4n) is 2.94. The quantitative estimate of drug-likeness (QED) is 0.696. The molecule has 1 aliphatic heterocycles. The Labute approximate surface area is 160 Å². The number of sulfonamides is 1. The summed E-state index contributed by atoms with van der Waals surface area (Å²) in [6.45, 7) is 5.34. The van der Waals surface area contributed by atoms with Crippen molar-refractivity contribution in [2.75, 3.05) is 26.2 Å². The lowest BCUT2D eigenvalue weighted by atomic mass is 10.3. The molecule has 2 aromatic rings. The Bertz CT molecular complexity index is 927. The molecule has 0 spiro atoms. The fraction of sp³-hybridized carbons (Fsp3) is 0.533. The molecule has 1 saturated heterocycles. The van der Waals surface area contributed by atoms with E-state index in [-0.39, 0.29) is 23.9 Å². The van der Waals surface area contributed by atoms with Crippen LogP contribution < -0.4 is 0 Å². The van der Waals surface area contributed by atoms with Gasteiger partial charge in [0.1, 0.15) is 4.90 Å². The van der Waals surface area contributed by atoms with Crippen LogP contribution in [0.5, 0.6) is 0 Å². The van der Waals surface area contributed by atoms with Crippen LogP contribution >= 0.6 is 15.9 Å². The lowest BCUT2D eigenvalue weighted by Crippen LogP contribution is -2.50. The minimum atomic E-state index is -3.62. The molecule has 0 bridgehead atoms. The van der Waals surface area contributed by atoms with Gasteiger partial charge in [-0.15, -0.1) is 0 Å². The Morgan fingerprint density at radius 1 is 1.19 bits per heavy atom. The van der Waals surface area contributed by atoms with Crippen LogP contribution in [0.4, 0.5) is 0 Å². The standard InChI is InChI=1S/C15H21BrN6O3S/c1-4-21-10-13(11(2)17-21)26(24,25)22-7-5-20(6-8-22)15(23)14-12(16)9-19(3)18-14/h9-10H,4-8H2,1-3H3. The monoisotopic (exact) mass is 444 g/mol. The molecule has 3 heterocycles. The van der Waals surface area contributed by atoms with Gasteiger partial charge in [0.2, 0.25) is 10.0 Å². The molecular formula is C15H21BrN6O3S. The first-order chi connectivity index (χ1) is 12.2. The second-order valence-corrected chi connectivity index (χ2v) is 8.89. The van der Waals surface area contributed by atoms with Crippen molar-refractivity contribution in [2.24, 2.45) is 7.05 Å². The van der Waals surface area contributed by atoms with Gasteiger partial charge in [-0.1, -0.05) is 0 Å². The Morgan fingerprint density at radius 3 is 2.35 bits per heavy atom. The van der Waals surface area contributed by atoms with Crippen LogP contribution in [0, 0.1) is 6.92 Å². The number of hydrogen-bond acceptors (Lipinski definition) is 5. The number of carbonyl (C=O) groups excluding carboxylic acids is 1. The van der Waals surface area contributed by atoms with Crippen molar-refractivity contribution < 1.29 is 13.2 Å². The third-order valence-electron chi connectivity index (χ3n) is 4.36. The van der Waals surface area contributed by atoms with Crippen LogP contribution in [0.3, 0.4) is 0 Å². The smallest absolute Gasteiger partial charge is 0.275 e. The highest BCUT2D eigenvalue weighted by Crippen LogP contribution is 2.22. The second-order valence-electron chi connectivity index (χ2n) is 6.13. The number of aromatic nitrogens is 4. The SMILES string of the molecule is CCn1cc(S(=O)(=O)N2CCN(C(=O)c3nn(C)cc3Br)CC2)c(C)n1. The van der Waals surface area contributed by atoms with Crippen molar-refractivity contribution in [1.82, 2.24) is 28.8 Å². The molecule has 0 N–H and O–H groups in total. The summed E-state index contributed by atoms with van der Waals surface area (Å²) in [6.07, 6.45) is 3.27. The molecule has 3 rings (SSSR count). The molecule has 0 atom stereocenters. The Hall–Kier alpha value is -1.72. The van der Waals surface area contributed by atoms with Gasteiger partial charge in [-0.3, -0.25) is 14.2 Å². The number of carbonyl (C=O) groups is 1. The van der Waals surface area contributed by atoms with Crippen molar-refractivity contribution in [2.45, 2.75) is 25.3 Å². The Kier molecular flexibility index (Phi) is 5.22. The topological polar surface area (TPSA) is 93.3 Å². The number of amides is 1. The number of rotatable bonds is 4. The van der Waals surface area contributed by atoms with Crippen LogP contribution in [0.2, 0.25) is 0 Å². The zero-order valence-electron chi connectivity index (χ0n) is 14.9. The Morgan fingerprint density at radius 2 is 1.85 bits per heavy atom. The summed E-state index contributed by atoms with van der Waals surface area (Å²) < 4.78 is 31.0. The van der Waals surface area contributed by atoms with E-state index in [1.54, 1.807) is 40.6 Å². The molecule has 2 aromatic heterocycles. The van der Waals surface area contributed by atoms with Crippen LogP contribution in [0.15, 0.2) is 21.8 Å². The van der Waals surface area contributed by atoms with E-state index in [1.165, 1.54) is 4.31 Å². The van der Waals surface area contributed by atoms with E-state index in [0.717, 1.165) is 0 Å². The van der Waals surface area contributed by atoms with E-state index in [0.29, 0.717) is 35.5 Å². The molecule has 0 aromatic carbocycles. The van der Waals surface area contributed by atoms with Gasteiger partial charge in [0, 0.05) is 52.2 Å². The molecule has 26 heavy (non-hydrogen) atoms. The molecule has 1 aliphatic rings. The summed E-state index contributed by atoms with van der Waals surface area (Å²) in [5.74, 6) is -0.204. The predicted octanol–water partition coefficient (Wildman–Crippen LogP) is 0.854. The van der Waals surface area contributed by atoms with E-state index in [9.17, 15) is 13.2 Å². The number of aryl methyl sites for hydroxylation is 3. The van der Waals surface area contributed by atoms with Gasteiger partial charge >= 0.3 is 0 Å². The van der Waals surface area contributed by atoms with Crippen molar-refractivity contribution in [3.05, 3.63) is 28.3 Å². The molecule has 11 heteroatoms. The maximum Gasteiger partial charge on any atom is 0.275 e. The van der Waals surface area contributed by atoms with Gasteiger partial charge in [0.05, 0.1) is 10.2 Å². The zero-order chi connectivity index (χ0) is 19.1. The zero-order valence-corrected chi connectivity index (χ0v) is 17.3. The van der Waals surface area contributed by atoms with Crippen LogP contribution in [-0.2, 0) is 23.6 Å². The lowest BCUT2D eigenvalue weighted by Gasteiger charge is -2.33. The van der Waals surface area contributed by atoms with Crippen LogP contribution in [0.25, 0.3) is 0 Å². The van der Waals surface area contributed by atoms with Crippen molar-refractivity contribution in [3.8, 4) is 0 Å². The highest BCUT2D eigenvalue weighted by atomic mass is 79.9. The van der Waals surface area contributed by atoms with E-state index >= 15 is 0 Å². The minimum absolute atomic E-state index is 0.204. The third-order valence-corrected chi connectivity index (χ3v) is 6.94. The summed E-state index contributed by atoms with van der Waals surface area (Å²) >= 11 is 3.33. The summed E-state index contributed by atoms with van der Waals surface area (Å²) in [4.78, 5) is 14.5. The van der Waals surface area contributed by atoms with Crippen LogP contribution in [-0.4, -0.2) is 69.3 Å². The summed E-state index contributed by atoms with van der Waals surface area (Å²) in [7, 11) is -1.88. The molecule has 1 fully saturated rings. The molecule has 9 nitrogen and oxygen atoms in total. The summed E-state index contributed by atoms with van der Waals surface area (Å²) in [5, 5.41) is 8.38. The number of piperazine rings is 1. The van der Waals surface area contributed by atoms with Crippen LogP contribution in [0.1, 0.15) is 23.1 Å². The van der Waals surface area contributed by atoms with Crippen molar-refractivity contribution >= 4 is 31.9 Å². The average Bonchev–Trinajstić information content (AvgIpc) is 3.16. The minimum Gasteiger partial charge on any atom is -0.335 e. The van der Waals surface area contributed by atoms with Gasteiger partial charge in [0.25, 0.3) is 5.91 Å². The lowest BCUT2D eigenvalue weighted by molar-refractivity contribution is 0.0690. The average molecular weight is 445 g/mol. The first kappa shape index (κ1) is 19.1. The highest BCUT2D eigenvalue weighted by molar-refractivity contribution is 9.10. The molecule has 142 valence electrons. The van der Waals surface area contributed by atoms with E-state index in [2.05, 4.69) is 26.1 Å². The van der Waals surface area contributed by atoms with E-state index in [1.807, 2.05) is 6.92 Å². The number of halogens is 1. The fourth-order valence-corrected chi connectivity index (χ4v) is 5.08. The molecular weight excluding hydrogens is 424 g/mol. The molecule has 0 radical (unpaired) electrons. The van der Waals surface area contributed by atoms with Crippen molar-refractivity contribution in [1.29, 1.82) is 0 Å². The number of nitrogens with zero attached hydrogens (tertiary/aromatic N) is 6. The Balaban J connectivity index is 1.72.